The van der Waals surface area contributed by atoms with Crippen molar-refractivity contribution in [2.24, 2.45) is 5.73 Å². The zero-order valence-corrected chi connectivity index (χ0v) is 14.9. The molecule has 0 spiro atoms. The molecule has 0 bridgehead atoms. The van der Waals surface area contributed by atoms with E-state index in [0.717, 1.165) is 18.5 Å². The number of hydrogen-bond acceptors (Lipinski definition) is 5. The van der Waals surface area contributed by atoms with E-state index in [4.69, 9.17) is 10.8 Å². The van der Waals surface area contributed by atoms with Gasteiger partial charge in [0, 0.05) is 12.7 Å². The number of aromatic nitrogens is 2. The van der Waals surface area contributed by atoms with Crippen molar-refractivity contribution in [2.45, 2.75) is 26.2 Å². The zero-order valence-electron chi connectivity index (χ0n) is 14.9. The van der Waals surface area contributed by atoms with Gasteiger partial charge in [-0.3, -0.25) is 9.36 Å². The maximum Gasteiger partial charge on any atom is 0.263 e. The SMILES string of the molecule is CCCCc1c(O)c2cccnc2n(-c2ccccc2)c1=O.NCCO. The maximum atomic E-state index is 12.9. The molecule has 0 atom stereocenters. The van der Waals surface area contributed by atoms with E-state index in [-0.39, 0.29) is 17.9 Å². The van der Waals surface area contributed by atoms with Crippen LogP contribution >= 0.6 is 0 Å². The molecule has 0 saturated heterocycles. The summed E-state index contributed by atoms with van der Waals surface area (Å²) in [4.78, 5) is 17.2. The van der Waals surface area contributed by atoms with Gasteiger partial charge in [0.25, 0.3) is 5.56 Å². The Labute approximate surface area is 152 Å². The van der Waals surface area contributed by atoms with Gasteiger partial charge >= 0.3 is 0 Å². The number of fused-ring (bicyclic) bond motifs is 1. The maximum absolute atomic E-state index is 12.9. The van der Waals surface area contributed by atoms with Gasteiger partial charge in [0.1, 0.15) is 5.75 Å². The van der Waals surface area contributed by atoms with E-state index in [1.165, 1.54) is 0 Å². The lowest BCUT2D eigenvalue weighted by Gasteiger charge is -2.14. The fourth-order valence-electron chi connectivity index (χ4n) is 2.65. The number of nitrogens with two attached hydrogens (primary N) is 1. The molecule has 6 nitrogen and oxygen atoms in total. The Morgan fingerprint density at radius 2 is 1.85 bits per heavy atom. The first-order chi connectivity index (χ1) is 12.7. The minimum atomic E-state index is -0.191. The minimum Gasteiger partial charge on any atom is -0.507 e. The van der Waals surface area contributed by atoms with E-state index in [9.17, 15) is 9.90 Å². The molecule has 3 rings (SSSR count). The summed E-state index contributed by atoms with van der Waals surface area (Å²) in [6, 6.07) is 13.0. The summed E-state index contributed by atoms with van der Waals surface area (Å²) >= 11 is 0. The van der Waals surface area contributed by atoms with Gasteiger partial charge < -0.3 is 15.9 Å². The highest BCUT2D eigenvalue weighted by Crippen LogP contribution is 2.27. The molecule has 0 saturated carbocycles. The third-order valence-corrected chi connectivity index (χ3v) is 3.92. The number of hydrogen-bond donors (Lipinski definition) is 3. The highest BCUT2D eigenvalue weighted by molar-refractivity contribution is 5.84. The van der Waals surface area contributed by atoms with Gasteiger partial charge in [-0.25, -0.2) is 4.98 Å². The third-order valence-electron chi connectivity index (χ3n) is 3.92. The summed E-state index contributed by atoms with van der Waals surface area (Å²) in [5, 5.41) is 18.8. The van der Waals surface area contributed by atoms with Crippen LogP contribution in [0.5, 0.6) is 5.75 Å². The van der Waals surface area contributed by atoms with Gasteiger partial charge in [-0.1, -0.05) is 31.5 Å². The van der Waals surface area contributed by atoms with E-state index in [2.05, 4.69) is 11.9 Å². The van der Waals surface area contributed by atoms with Crippen LogP contribution in [-0.2, 0) is 6.42 Å². The number of aromatic hydroxyl groups is 1. The Kier molecular flexibility index (Phi) is 7.32. The van der Waals surface area contributed by atoms with Crippen LogP contribution < -0.4 is 11.3 Å². The van der Waals surface area contributed by atoms with Crippen molar-refractivity contribution in [1.29, 1.82) is 0 Å². The molecule has 3 aromatic rings. The molecular weight excluding hydrogens is 330 g/mol. The van der Waals surface area contributed by atoms with Crippen molar-refractivity contribution in [3.05, 3.63) is 64.6 Å². The minimum absolute atomic E-state index is 0.0636. The standard InChI is InChI=1S/C18H18N2O2.C2H7NO/c1-2-3-10-15-16(21)14-11-7-12-19-17(14)20(18(15)22)13-8-5-4-6-9-13;3-1-2-4/h4-9,11-12,21H,2-3,10H2,1H3;4H,1-3H2. The molecule has 0 fully saturated rings. The van der Waals surface area contributed by atoms with Crippen molar-refractivity contribution in [1.82, 2.24) is 9.55 Å². The van der Waals surface area contributed by atoms with Crippen LogP contribution in [0.4, 0.5) is 0 Å². The molecule has 0 radical (unpaired) electrons. The van der Waals surface area contributed by atoms with E-state index >= 15 is 0 Å². The van der Waals surface area contributed by atoms with E-state index < -0.39 is 0 Å². The molecule has 6 heteroatoms. The molecule has 0 amide bonds. The predicted molar refractivity (Wildman–Crippen MR) is 104 cm³/mol. The highest BCUT2D eigenvalue weighted by atomic mass is 16.3. The molecule has 0 aliphatic heterocycles. The second-order valence-electron chi connectivity index (χ2n) is 5.79. The van der Waals surface area contributed by atoms with Gasteiger partial charge in [-0.15, -0.1) is 0 Å². The molecule has 2 aromatic heterocycles. The first-order valence-electron chi connectivity index (χ1n) is 8.73. The number of pyridine rings is 2. The second-order valence-corrected chi connectivity index (χ2v) is 5.79. The summed E-state index contributed by atoms with van der Waals surface area (Å²) in [7, 11) is 0. The van der Waals surface area contributed by atoms with Gasteiger partial charge in [0.05, 0.1) is 23.2 Å². The highest BCUT2D eigenvalue weighted by Gasteiger charge is 2.17. The Morgan fingerprint density at radius 1 is 1.15 bits per heavy atom. The second kappa shape index (κ2) is 9.70. The van der Waals surface area contributed by atoms with Crippen LogP contribution in [0.3, 0.4) is 0 Å². The van der Waals surface area contributed by atoms with Crippen molar-refractivity contribution >= 4 is 11.0 Å². The smallest absolute Gasteiger partial charge is 0.263 e. The summed E-state index contributed by atoms with van der Waals surface area (Å²) in [5.41, 5.74) is 6.29. The summed E-state index contributed by atoms with van der Waals surface area (Å²) in [6.45, 7) is 2.54. The normalized spacial score (nSPS) is 10.4. The fourth-order valence-corrected chi connectivity index (χ4v) is 2.65. The zero-order chi connectivity index (χ0) is 18.9. The van der Waals surface area contributed by atoms with Crippen molar-refractivity contribution < 1.29 is 10.2 Å². The quantitative estimate of drug-likeness (QED) is 0.652. The summed E-state index contributed by atoms with van der Waals surface area (Å²) in [5.74, 6) is 0.0636. The molecule has 26 heavy (non-hydrogen) atoms. The molecule has 0 aliphatic carbocycles. The van der Waals surface area contributed by atoms with E-state index in [1.54, 1.807) is 22.9 Å². The van der Waals surface area contributed by atoms with Crippen LogP contribution in [0.2, 0.25) is 0 Å². The predicted octanol–water partition coefficient (Wildman–Crippen LogP) is 2.37. The average molecular weight is 355 g/mol. The number of nitrogens with zero attached hydrogens (tertiary/aromatic N) is 2. The molecule has 0 unspecified atom stereocenters. The Balaban J connectivity index is 0.000000552. The van der Waals surface area contributed by atoms with Gasteiger partial charge in [0.15, 0.2) is 5.65 Å². The van der Waals surface area contributed by atoms with Crippen LogP contribution in [0, 0.1) is 0 Å². The largest absolute Gasteiger partial charge is 0.507 e. The number of unbranched alkanes of at least 4 members (excludes halogenated alkanes) is 1. The Morgan fingerprint density at radius 3 is 2.46 bits per heavy atom. The molecule has 2 heterocycles. The van der Waals surface area contributed by atoms with Crippen molar-refractivity contribution in [2.75, 3.05) is 13.2 Å². The topological polar surface area (TPSA) is 101 Å². The number of aliphatic hydroxyl groups excluding tert-OH is 1. The average Bonchev–Trinajstić information content (AvgIpc) is 2.69. The van der Waals surface area contributed by atoms with Crippen LogP contribution in [0.25, 0.3) is 16.7 Å². The summed E-state index contributed by atoms with van der Waals surface area (Å²) < 4.78 is 1.58. The monoisotopic (exact) mass is 355 g/mol. The van der Waals surface area contributed by atoms with Crippen LogP contribution in [0.15, 0.2) is 53.5 Å². The number of benzene rings is 1. The Bertz CT molecular complexity index is 890. The first-order valence-corrected chi connectivity index (χ1v) is 8.73. The molecule has 138 valence electrons. The van der Waals surface area contributed by atoms with E-state index in [0.29, 0.717) is 29.6 Å². The van der Waals surface area contributed by atoms with Crippen LogP contribution in [0.1, 0.15) is 25.3 Å². The lowest BCUT2D eigenvalue weighted by atomic mass is 10.1. The van der Waals surface area contributed by atoms with Crippen molar-refractivity contribution in [3.63, 3.8) is 0 Å². The number of para-hydroxylation sites is 1. The molecule has 0 aliphatic rings. The molecule has 1 aromatic carbocycles. The van der Waals surface area contributed by atoms with Gasteiger partial charge in [0.2, 0.25) is 0 Å². The molecular formula is C20H25N3O3. The number of rotatable bonds is 5. The Hall–Kier alpha value is -2.70. The van der Waals surface area contributed by atoms with Crippen LogP contribution in [-0.4, -0.2) is 32.9 Å². The van der Waals surface area contributed by atoms with Gasteiger partial charge in [-0.05, 0) is 37.1 Å². The molecule has 4 N–H and O–H groups in total. The lowest BCUT2D eigenvalue weighted by molar-refractivity contribution is 0.306. The van der Waals surface area contributed by atoms with Crippen molar-refractivity contribution in [3.8, 4) is 11.4 Å². The fraction of sp³-hybridized carbons (Fsp3) is 0.300. The summed E-state index contributed by atoms with van der Waals surface area (Å²) in [6.07, 6.45) is 4.03. The third kappa shape index (κ3) is 4.28. The van der Waals surface area contributed by atoms with E-state index in [1.807, 2.05) is 30.3 Å². The lowest BCUT2D eigenvalue weighted by Crippen LogP contribution is -2.23. The van der Waals surface area contributed by atoms with Gasteiger partial charge in [-0.2, -0.15) is 0 Å². The first kappa shape index (κ1) is 19.6. The number of aliphatic hydroxyl groups is 1.